The van der Waals surface area contributed by atoms with Crippen molar-refractivity contribution in [3.8, 4) is 44.5 Å². The Balaban J connectivity index is 1.16. The molecule has 11 rings (SSSR count). The van der Waals surface area contributed by atoms with E-state index in [2.05, 4.69) is 172 Å². The smallest absolute Gasteiger partial charge is 0.135 e. The summed E-state index contributed by atoms with van der Waals surface area (Å²) in [4.78, 5) is 0. The fourth-order valence-corrected chi connectivity index (χ4v) is 9.17. The summed E-state index contributed by atoms with van der Waals surface area (Å²) in [6.45, 7) is 4.77. The molecule has 0 saturated heterocycles. The molecule has 0 N–H and O–H groups in total. The average Bonchev–Trinajstić information content (AvgIpc) is 3.67. The molecular weight excluding hydrogens is 629 g/mol. The van der Waals surface area contributed by atoms with Gasteiger partial charge in [-0.25, -0.2) is 0 Å². The topological polar surface area (TPSA) is 13.1 Å². The van der Waals surface area contributed by atoms with E-state index in [0.717, 1.165) is 21.9 Å². The highest BCUT2D eigenvalue weighted by Crippen LogP contribution is 2.55. The highest BCUT2D eigenvalue weighted by molar-refractivity contribution is 6.23. The minimum atomic E-state index is -0.109. The van der Waals surface area contributed by atoms with E-state index in [1.165, 1.54) is 88.0 Å². The van der Waals surface area contributed by atoms with E-state index < -0.39 is 0 Å². The Morgan fingerprint density at radius 3 is 1.67 bits per heavy atom. The molecule has 1 heterocycles. The zero-order valence-electron chi connectivity index (χ0n) is 29.1. The zero-order chi connectivity index (χ0) is 34.6. The molecule has 244 valence electrons. The maximum absolute atomic E-state index is 6.16. The van der Waals surface area contributed by atoms with Crippen LogP contribution in [0.1, 0.15) is 25.0 Å². The van der Waals surface area contributed by atoms with Gasteiger partial charge in [0.1, 0.15) is 11.2 Å². The molecule has 1 aromatic heterocycles. The standard InChI is InChI=1S/C51H34O/c1-51(2)44-23-12-22-41(50(44)43-29-32-13-3-4-14-33(32)30-45(43)51)49-39-20-7-5-18-37(39)48(38-19-6-8-21-40(38)49)35-16-11-15-31(27-35)34-25-26-47-42(28-34)36-17-9-10-24-46(36)52-47/h3-30H,1-2H3. The van der Waals surface area contributed by atoms with Crippen LogP contribution in [-0.2, 0) is 5.41 Å². The highest BCUT2D eigenvalue weighted by atomic mass is 16.3. The molecule has 0 atom stereocenters. The van der Waals surface area contributed by atoms with Gasteiger partial charge in [0.2, 0.25) is 0 Å². The van der Waals surface area contributed by atoms with E-state index in [1.807, 2.05) is 12.1 Å². The first-order chi connectivity index (χ1) is 25.5. The van der Waals surface area contributed by atoms with Crippen molar-refractivity contribution < 1.29 is 4.42 Å². The van der Waals surface area contributed by atoms with Crippen molar-refractivity contribution >= 4 is 54.3 Å². The second-order valence-electron chi connectivity index (χ2n) is 14.8. The highest BCUT2D eigenvalue weighted by Gasteiger charge is 2.37. The van der Waals surface area contributed by atoms with Gasteiger partial charge < -0.3 is 4.42 Å². The molecule has 52 heavy (non-hydrogen) atoms. The minimum absolute atomic E-state index is 0.109. The van der Waals surface area contributed by atoms with E-state index in [-0.39, 0.29) is 5.41 Å². The molecule has 0 fully saturated rings. The third kappa shape index (κ3) is 4.11. The molecule has 0 bridgehead atoms. The number of hydrogen-bond acceptors (Lipinski definition) is 1. The monoisotopic (exact) mass is 662 g/mol. The second kappa shape index (κ2) is 10.8. The lowest BCUT2D eigenvalue weighted by molar-refractivity contribution is 0.661. The van der Waals surface area contributed by atoms with Gasteiger partial charge in [0.25, 0.3) is 0 Å². The molecular formula is C51H34O. The molecule has 1 heteroatoms. The molecule has 1 aliphatic carbocycles. The summed E-state index contributed by atoms with van der Waals surface area (Å²) in [7, 11) is 0. The van der Waals surface area contributed by atoms with Gasteiger partial charge in [-0.3, -0.25) is 0 Å². The fourth-order valence-electron chi connectivity index (χ4n) is 9.17. The Labute approximate surface area is 302 Å². The van der Waals surface area contributed by atoms with Crippen molar-refractivity contribution in [2.45, 2.75) is 19.3 Å². The largest absolute Gasteiger partial charge is 0.456 e. The van der Waals surface area contributed by atoms with E-state index >= 15 is 0 Å². The summed E-state index contributed by atoms with van der Waals surface area (Å²) in [5, 5.41) is 9.94. The van der Waals surface area contributed by atoms with Crippen molar-refractivity contribution in [3.05, 3.63) is 181 Å². The molecule has 1 aliphatic rings. The van der Waals surface area contributed by atoms with Crippen LogP contribution < -0.4 is 0 Å². The molecule has 9 aromatic carbocycles. The lowest BCUT2D eigenvalue weighted by Crippen LogP contribution is -2.14. The summed E-state index contributed by atoms with van der Waals surface area (Å²) in [5.41, 5.74) is 14.7. The van der Waals surface area contributed by atoms with Crippen LogP contribution in [0.5, 0.6) is 0 Å². The molecule has 0 unspecified atom stereocenters. The van der Waals surface area contributed by atoms with Gasteiger partial charge in [0, 0.05) is 16.2 Å². The minimum Gasteiger partial charge on any atom is -0.456 e. The first-order valence-electron chi connectivity index (χ1n) is 18.2. The van der Waals surface area contributed by atoms with Crippen LogP contribution in [-0.4, -0.2) is 0 Å². The molecule has 10 aromatic rings. The number of furan rings is 1. The summed E-state index contributed by atoms with van der Waals surface area (Å²) in [5.74, 6) is 0. The van der Waals surface area contributed by atoms with E-state index in [1.54, 1.807) is 0 Å². The van der Waals surface area contributed by atoms with E-state index in [4.69, 9.17) is 4.42 Å². The number of benzene rings is 9. The third-order valence-corrected chi connectivity index (χ3v) is 11.6. The fraction of sp³-hybridized carbons (Fsp3) is 0.0588. The predicted molar refractivity (Wildman–Crippen MR) is 220 cm³/mol. The summed E-state index contributed by atoms with van der Waals surface area (Å²) < 4.78 is 6.16. The number of fused-ring (bicyclic) bond motifs is 9. The summed E-state index contributed by atoms with van der Waals surface area (Å²) in [6.07, 6.45) is 0. The summed E-state index contributed by atoms with van der Waals surface area (Å²) in [6, 6.07) is 62.5. The molecule has 0 saturated carbocycles. The van der Waals surface area contributed by atoms with Crippen molar-refractivity contribution in [2.24, 2.45) is 0 Å². The van der Waals surface area contributed by atoms with Crippen LogP contribution in [0.15, 0.2) is 174 Å². The maximum atomic E-state index is 6.16. The molecule has 0 spiro atoms. The van der Waals surface area contributed by atoms with Gasteiger partial charge in [-0.2, -0.15) is 0 Å². The Bertz CT molecular complexity index is 3040. The van der Waals surface area contributed by atoms with Crippen LogP contribution in [0, 0.1) is 0 Å². The predicted octanol–water partition coefficient (Wildman–Crippen LogP) is 14.4. The van der Waals surface area contributed by atoms with Gasteiger partial charge >= 0.3 is 0 Å². The molecule has 0 amide bonds. The van der Waals surface area contributed by atoms with Gasteiger partial charge in [-0.1, -0.05) is 147 Å². The number of rotatable bonds is 3. The van der Waals surface area contributed by atoms with E-state index in [0.29, 0.717) is 0 Å². The molecule has 0 aliphatic heterocycles. The Morgan fingerprint density at radius 1 is 0.346 bits per heavy atom. The van der Waals surface area contributed by atoms with Crippen molar-refractivity contribution in [2.75, 3.05) is 0 Å². The summed E-state index contributed by atoms with van der Waals surface area (Å²) >= 11 is 0. The average molecular weight is 663 g/mol. The Kier molecular flexibility index (Phi) is 6.08. The SMILES string of the molecule is CC1(C)c2cc3ccccc3cc2-c2c(-c3c4ccccc4c(-c4cccc(-c5ccc6oc7ccccc7c6c5)c4)c4ccccc34)cccc21. The van der Waals surface area contributed by atoms with Gasteiger partial charge in [0.15, 0.2) is 0 Å². The Morgan fingerprint density at radius 2 is 0.923 bits per heavy atom. The zero-order valence-corrected chi connectivity index (χ0v) is 29.1. The quantitative estimate of drug-likeness (QED) is 0.172. The van der Waals surface area contributed by atoms with Crippen LogP contribution in [0.25, 0.3) is 98.8 Å². The van der Waals surface area contributed by atoms with Crippen LogP contribution in [0.3, 0.4) is 0 Å². The lowest BCUT2D eigenvalue weighted by Gasteiger charge is -2.23. The van der Waals surface area contributed by atoms with Crippen LogP contribution >= 0.6 is 0 Å². The van der Waals surface area contributed by atoms with Gasteiger partial charge in [-0.05, 0) is 124 Å². The molecule has 1 nitrogen and oxygen atoms in total. The second-order valence-corrected chi connectivity index (χ2v) is 14.8. The number of para-hydroxylation sites is 1. The van der Waals surface area contributed by atoms with Gasteiger partial charge in [0.05, 0.1) is 0 Å². The normalized spacial score (nSPS) is 13.3. The van der Waals surface area contributed by atoms with Crippen molar-refractivity contribution in [3.63, 3.8) is 0 Å². The van der Waals surface area contributed by atoms with E-state index in [9.17, 15) is 0 Å². The first-order valence-corrected chi connectivity index (χ1v) is 18.2. The van der Waals surface area contributed by atoms with Crippen LogP contribution in [0.2, 0.25) is 0 Å². The Hall–Kier alpha value is -6.44. The van der Waals surface area contributed by atoms with Crippen LogP contribution in [0.4, 0.5) is 0 Å². The third-order valence-electron chi connectivity index (χ3n) is 11.6. The van der Waals surface area contributed by atoms with Crippen molar-refractivity contribution in [1.29, 1.82) is 0 Å². The first kappa shape index (κ1) is 29.3. The lowest BCUT2D eigenvalue weighted by atomic mass is 9.80. The number of hydrogen-bond donors (Lipinski definition) is 0. The van der Waals surface area contributed by atoms with Gasteiger partial charge in [-0.15, -0.1) is 0 Å². The molecule has 0 radical (unpaired) electrons. The maximum Gasteiger partial charge on any atom is 0.135 e. The van der Waals surface area contributed by atoms with Crippen molar-refractivity contribution in [1.82, 2.24) is 0 Å².